The summed E-state index contributed by atoms with van der Waals surface area (Å²) in [6, 6.07) is 10.6. The molecular formula is C17H25NO2. The average molecular weight is 275 g/mol. The van der Waals surface area contributed by atoms with Crippen LogP contribution in [0, 0.1) is 5.92 Å². The van der Waals surface area contributed by atoms with Crippen molar-refractivity contribution in [1.82, 2.24) is 4.90 Å². The van der Waals surface area contributed by atoms with E-state index in [4.69, 9.17) is 9.47 Å². The van der Waals surface area contributed by atoms with Crippen LogP contribution >= 0.6 is 0 Å². The Kier molecular flexibility index (Phi) is 6.25. The van der Waals surface area contributed by atoms with Crippen LogP contribution in [0.4, 0.5) is 0 Å². The minimum Gasteiger partial charge on any atom is -0.350 e. The van der Waals surface area contributed by atoms with Crippen LogP contribution in [0.2, 0.25) is 0 Å². The van der Waals surface area contributed by atoms with Crippen LogP contribution in [0.15, 0.2) is 43.0 Å². The molecule has 0 N–H and O–H groups in total. The molecule has 0 aromatic heterocycles. The van der Waals surface area contributed by atoms with Crippen LogP contribution in [0.1, 0.15) is 18.4 Å². The number of ether oxygens (including phenoxy) is 2. The lowest BCUT2D eigenvalue weighted by Crippen LogP contribution is -2.27. The zero-order chi connectivity index (χ0) is 14.2. The molecule has 1 saturated heterocycles. The van der Waals surface area contributed by atoms with Gasteiger partial charge in [-0.05, 0) is 32.0 Å². The summed E-state index contributed by atoms with van der Waals surface area (Å²) in [5.74, 6) is 0.410. The zero-order valence-corrected chi connectivity index (χ0v) is 12.3. The van der Waals surface area contributed by atoms with Crippen LogP contribution in [-0.2, 0) is 16.0 Å². The normalized spacial score (nSPS) is 17.5. The third kappa shape index (κ3) is 4.75. The highest BCUT2D eigenvalue weighted by Gasteiger charge is 2.25. The summed E-state index contributed by atoms with van der Waals surface area (Å²) in [6.45, 7) is 7.30. The van der Waals surface area contributed by atoms with E-state index in [0.717, 1.165) is 39.1 Å². The van der Waals surface area contributed by atoms with Gasteiger partial charge in [0.05, 0.1) is 13.2 Å². The number of benzene rings is 1. The lowest BCUT2D eigenvalue weighted by Gasteiger charge is -2.24. The number of rotatable bonds is 8. The molecule has 110 valence electrons. The van der Waals surface area contributed by atoms with Crippen LogP contribution < -0.4 is 0 Å². The third-order valence-corrected chi connectivity index (χ3v) is 3.68. The first kappa shape index (κ1) is 15.2. The molecule has 1 aromatic carbocycles. The van der Waals surface area contributed by atoms with Gasteiger partial charge in [0, 0.05) is 12.5 Å². The van der Waals surface area contributed by atoms with Gasteiger partial charge in [0.2, 0.25) is 0 Å². The lowest BCUT2D eigenvalue weighted by molar-refractivity contribution is -0.0858. The topological polar surface area (TPSA) is 21.7 Å². The van der Waals surface area contributed by atoms with E-state index >= 15 is 0 Å². The van der Waals surface area contributed by atoms with Gasteiger partial charge in [-0.15, -0.1) is 6.58 Å². The van der Waals surface area contributed by atoms with E-state index in [-0.39, 0.29) is 6.29 Å². The summed E-state index contributed by atoms with van der Waals surface area (Å²) in [7, 11) is 2.16. The van der Waals surface area contributed by atoms with Gasteiger partial charge in [-0.25, -0.2) is 0 Å². The number of hydrogen-bond acceptors (Lipinski definition) is 3. The van der Waals surface area contributed by atoms with Crippen molar-refractivity contribution in [3.05, 3.63) is 48.6 Å². The van der Waals surface area contributed by atoms with Crippen molar-refractivity contribution in [2.24, 2.45) is 5.92 Å². The summed E-state index contributed by atoms with van der Waals surface area (Å²) in [5.41, 5.74) is 1.35. The first-order chi connectivity index (χ1) is 9.79. The molecule has 0 radical (unpaired) electrons. The predicted molar refractivity (Wildman–Crippen MR) is 81.4 cm³/mol. The number of nitrogens with zero attached hydrogens (tertiary/aromatic N) is 1. The van der Waals surface area contributed by atoms with E-state index in [0.29, 0.717) is 5.92 Å². The Balaban J connectivity index is 1.77. The monoisotopic (exact) mass is 275 g/mol. The Labute approximate surface area is 122 Å². The van der Waals surface area contributed by atoms with Crippen molar-refractivity contribution in [3.63, 3.8) is 0 Å². The molecule has 0 spiro atoms. The molecule has 3 heteroatoms. The van der Waals surface area contributed by atoms with E-state index in [1.807, 2.05) is 6.08 Å². The molecule has 0 aliphatic carbocycles. The average Bonchev–Trinajstić information content (AvgIpc) is 2.98. The zero-order valence-electron chi connectivity index (χ0n) is 12.3. The molecule has 0 bridgehead atoms. The van der Waals surface area contributed by atoms with E-state index < -0.39 is 0 Å². The second kappa shape index (κ2) is 8.20. The summed E-state index contributed by atoms with van der Waals surface area (Å²) < 4.78 is 11.3. The second-order valence-electron chi connectivity index (χ2n) is 5.41. The summed E-state index contributed by atoms with van der Waals surface area (Å²) in [5, 5.41) is 0. The van der Waals surface area contributed by atoms with Crippen LogP contribution in [-0.4, -0.2) is 38.0 Å². The molecule has 3 nitrogen and oxygen atoms in total. The maximum atomic E-state index is 5.63. The Hall–Kier alpha value is -1.16. The molecule has 1 aliphatic rings. The van der Waals surface area contributed by atoms with Crippen LogP contribution in [0.5, 0.6) is 0 Å². The van der Waals surface area contributed by atoms with Gasteiger partial charge >= 0.3 is 0 Å². The van der Waals surface area contributed by atoms with E-state index in [1.165, 1.54) is 5.56 Å². The minimum absolute atomic E-state index is 0.0434. The Morgan fingerprint density at radius 1 is 1.30 bits per heavy atom. The maximum absolute atomic E-state index is 5.63. The minimum atomic E-state index is -0.0434. The number of hydrogen-bond donors (Lipinski definition) is 0. The van der Waals surface area contributed by atoms with Crippen molar-refractivity contribution in [1.29, 1.82) is 0 Å². The predicted octanol–water partition coefficient (Wildman–Crippen LogP) is 3.07. The highest BCUT2D eigenvalue weighted by molar-refractivity contribution is 5.14. The van der Waals surface area contributed by atoms with Crippen molar-refractivity contribution in [3.8, 4) is 0 Å². The van der Waals surface area contributed by atoms with Gasteiger partial charge in [0.25, 0.3) is 0 Å². The Bertz CT molecular complexity index is 387. The van der Waals surface area contributed by atoms with Crippen molar-refractivity contribution < 1.29 is 9.47 Å². The Morgan fingerprint density at radius 2 is 2.00 bits per heavy atom. The molecule has 1 heterocycles. The lowest BCUT2D eigenvalue weighted by atomic mass is 10.0. The smallest absolute Gasteiger partial charge is 0.160 e. The number of allylic oxidation sites excluding steroid dienone is 1. The highest BCUT2D eigenvalue weighted by atomic mass is 16.7. The molecule has 1 atom stereocenters. The molecule has 1 aromatic rings. The fraction of sp³-hybridized carbons (Fsp3) is 0.529. The Morgan fingerprint density at radius 3 is 2.65 bits per heavy atom. The fourth-order valence-electron chi connectivity index (χ4n) is 2.59. The molecule has 20 heavy (non-hydrogen) atoms. The SMILES string of the molecule is C=CC[C@@H](CCN(C)Cc1ccccc1)C1OCCO1. The summed E-state index contributed by atoms with van der Waals surface area (Å²) in [6.07, 6.45) is 3.94. The first-order valence-electron chi connectivity index (χ1n) is 7.36. The fourth-order valence-corrected chi connectivity index (χ4v) is 2.59. The van der Waals surface area contributed by atoms with E-state index in [1.54, 1.807) is 0 Å². The molecule has 1 aliphatic heterocycles. The van der Waals surface area contributed by atoms with E-state index in [9.17, 15) is 0 Å². The molecule has 0 amide bonds. The van der Waals surface area contributed by atoms with Crippen molar-refractivity contribution in [2.45, 2.75) is 25.7 Å². The summed E-state index contributed by atoms with van der Waals surface area (Å²) >= 11 is 0. The van der Waals surface area contributed by atoms with Crippen molar-refractivity contribution in [2.75, 3.05) is 26.8 Å². The van der Waals surface area contributed by atoms with Crippen LogP contribution in [0.3, 0.4) is 0 Å². The maximum Gasteiger partial charge on any atom is 0.160 e. The molecular weight excluding hydrogens is 250 g/mol. The third-order valence-electron chi connectivity index (χ3n) is 3.68. The van der Waals surface area contributed by atoms with E-state index in [2.05, 4.69) is 48.9 Å². The standard InChI is InChI=1S/C17H25NO2/c1-3-7-16(17-19-12-13-20-17)10-11-18(2)14-15-8-5-4-6-9-15/h3-6,8-9,16-17H,1,7,10-14H2,2H3/t16-/m0/s1. The molecule has 0 saturated carbocycles. The quantitative estimate of drug-likeness (QED) is 0.681. The second-order valence-corrected chi connectivity index (χ2v) is 5.41. The summed E-state index contributed by atoms with van der Waals surface area (Å²) in [4.78, 5) is 2.35. The van der Waals surface area contributed by atoms with Gasteiger partial charge in [-0.1, -0.05) is 36.4 Å². The molecule has 2 rings (SSSR count). The van der Waals surface area contributed by atoms with Gasteiger partial charge in [0.1, 0.15) is 0 Å². The highest BCUT2D eigenvalue weighted by Crippen LogP contribution is 2.22. The largest absolute Gasteiger partial charge is 0.350 e. The van der Waals surface area contributed by atoms with Gasteiger partial charge in [-0.3, -0.25) is 0 Å². The van der Waals surface area contributed by atoms with Gasteiger partial charge in [0.15, 0.2) is 6.29 Å². The molecule has 1 fully saturated rings. The van der Waals surface area contributed by atoms with Crippen molar-refractivity contribution >= 4 is 0 Å². The van der Waals surface area contributed by atoms with Gasteiger partial charge < -0.3 is 14.4 Å². The van der Waals surface area contributed by atoms with Gasteiger partial charge in [-0.2, -0.15) is 0 Å². The molecule has 0 unspecified atom stereocenters. The first-order valence-corrected chi connectivity index (χ1v) is 7.36. The van der Waals surface area contributed by atoms with Crippen LogP contribution in [0.25, 0.3) is 0 Å².